The summed E-state index contributed by atoms with van der Waals surface area (Å²) in [5.74, 6) is -0.564. The molecular weight excluding hydrogens is 355 g/mol. The third kappa shape index (κ3) is 3.79. The quantitative estimate of drug-likeness (QED) is 0.669. The van der Waals surface area contributed by atoms with Gasteiger partial charge in [-0.2, -0.15) is 10.4 Å². The average molecular weight is 376 g/mol. The highest BCUT2D eigenvalue weighted by atomic mass is 19.1. The summed E-state index contributed by atoms with van der Waals surface area (Å²) in [5, 5.41) is 13.2. The molecule has 0 aliphatic heterocycles. The van der Waals surface area contributed by atoms with Gasteiger partial charge in [0, 0.05) is 12.6 Å². The lowest BCUT2D eigenvalue weighted by molar-refractivity contribution is 0.0689. The zero-order valence-electron chi connectivity index (χ0n) is 16.1. The van der Waals surface area contributed by atoms with E-state index in [0.29, 0.717) is 29.1 Å². The highest BCUT2D eigenvalue weighted by Gasteiger charge is 2.24. The minimum absolute atomic E-state index is 0.0423. The van der Waals surface area contributed by atoms with Gasteiger partial charge in [0.1, 0.15) is 11.5 Å². The first-order valence-corrected chi connectivity index (χ1v) is 9.02. The van der Waals surface area contributed by atoms with Crippen LogP contribution >= 0.6 is 0 Å². The summed E-state index contributed by atoms with van der Waals surface area (Å²) >= 11 is 0. The molecule has 3 aromatic rings. The first kappa shape index (κ1) is 19.3. The van der Waals surface area contributed by atoms with Crippen LogP contribution in [-0.2, 0) is 6.54 Å². The highest BCUT2D eigenvalue weighted by molar-refractivity contribution is 5.95. The van der Waals surface area contributed by atoms with Gasteiger partial charge in [-0.15, -0.1) is 0 Å². The summed E-state index contributed by atoms with van der Waals surface area (Å²) in [6, 6.07) is 15.5. The minimum atomic E-state index is -0.397. The Morgan fingerprint density at radius 1 is 1.21 bits per heavy atom. The maximum atomic E-state index is 14.1. The maximum Gasteiger partial charge on any atom is 0.257 e. The fraction of sp³-hybridized carbons (Fsp3) is 0.227. The number of nitriles is 1. The summed E-state index contributed by atoms with van der Waals surface area (Å²) < 4.78 is 15.6. The van der Waals surface area contributed by atoms with Gasteiger partial charge in [-0.25, -0.2) is 9.07 Å². The molecule has 5 nitrogen and oxygen atoms in total. The monoisotopic (exact) mass is 376 g/mol. The van der Waals surface area contributed by atoms with Crippen molar-refractivity contribution in [1.29, 1.82) is 5.26 Å². The molecule has 0 aliphatic carbocycles. The van der Waals surface area contributed by atoms with Crippen molar-refractivity contribution < 1.29 is 9.18 Å². The lowest BCUT2D eigenvalue weighted by atomic mass is 10.1. The molecule has 0 fully saturated rings. The molecule has 0 bridgehead atoms. The van der Waals surface area contributed by atoms with E-state index in [4.69, 9.17) is 5.26 Å². The third-order valence-electron chi connectivity index (χ3n) is 4.64. The molecule has 28 heavy (non-hydrogen) atoms. The molecule has 1 aromatic heterocycles. The Hall–Kier alpha value is -3.46. The smallest absolute Gasteiger partial charge is 0.257 e. The van der Waals surface area contributed by atoms with Crippen LogP contribution in [0.4, 0.5) is 4.39 Å². The molecule has 0 radical (unpaired) electrons. The van der Waals surface area contributed by atoms with Crippen molar-refractivity contribution in [3.05, 3.63) is 82.9 Å². The van der Waals surface area contributed by atoms with Crippen molar-refractivity contribution in [2.75, 3.05) is 0 Å². The normalized spacial score (nSPS) is 10.7. The lowest BCUT2D eigenvalue weighted by Gasteiger charge is -2.27. The van der Waals surface area contributed by atoms with E-state index in [0.717, 1.165) is 5.56 Å². The van der Waals surface area contributed by atoms with Gasteiger partial charge in [0.15, 0.2) is 0 Å². The molecule has 0 atom stereocenters. The third-order valence-corrected chi connectivity index (χ3v) is 4.64. The molecular formula is C22H21FN4O. The van der Waals surface area contributed by atoms with Crippen molar-refractivity contribution in [1.82, 2.24) is 14.7 Å². The number of benzene rings is 2. The molecule has 1 heterocycles. The van der Waals surface area contributed by atoms with E-state index < -0.39 is 5.82 Å². The van der Waals surface area contributed by atoms with Crippen molar-refractivity contribution in [3.8, 4) is 11.8 Å². The second kappa shape index (κ2) is 8.05. The number of rotatable bonds is 5. The molecule has 6 heteroatoms. The Labute approximate surface area is 163 Å². The molecule has 0 unspecified atom stereocenters. The Morgan fingerprint density at radius 3 is 2.50 bits per heavy atom. The molecule has 0 saturated carbocycles. The fourth-order valence-electron chi connectivity index (χ4n) is 3.01. The number of carbonyl (C=O) groups excluding carboxylic acids is 1. The Kier molecular flexibility index (Phi) is 5.55. The number of carbonyl (C=O) groups is 1. The molecule has 1 amide bonds. The summed E-state index contributed by atoms with van der Waals surface area (Å²) in [5.41, 5.74) is 2.83. The summed E-state index contributed by atoms with van der Waals surface area (Å²) in [6.45, 7) is 6.05. The topological polar surface area (TPSA) is 61.9 Å². The fourth-order valence-corrected chi connectivity index (χ4v) is 3.01. The van der Waals surface area contributed by atoms with Gasteiger partial charge in [0.25, 0.3) is 5.91 Å². The number of para-hydroxylation sites is 1. The zero-order chi connectivity index (χ0) is 20.3. The first-order chi connectivity index (χ1) is 13.4. The second-order valence-electron chi connectivity index (χ2n) is 6.84. The zero-order valence-corrected chi connectivity index (χ0v) is 16.1. The van der Waals surface area contributed by atoms with Gasteiger partial charge in [-0.05, 0) is 50.6 Å². The summed E-state index contributed by atoms with van der Waals surface area (Å²) in [7, 11) is 0. The van der Waals surface area contributed by atoms with Gasteiger partial charge in [0.05, 0.1) is 29.1 Å². The maximum absolute atomic E-state index is 14.1. The van der Waals surface area contributed by atoms with Gasteiger partial charge in [-0.1, -0.05) is 24.3 Å². The molecule has 142 valence electrons. The van der Waals surface area contributed by atoms with Crippen LogP contribution in [0.15, 0.2) is 54.7 Å². The van der Waals surface area contributed by atoms with Gasteiger partial charge >= 0.3 is 0 Å². The predicted octanol–water partition coefficient (Wildman–Crippen LogP) is 4.24. The van der Waals surface area contributed by atoms with E-state index >= 15 is 0 Å². The van der Waals surface area contributed by atoms with Crippen LogP contribution in [0.5, 0.6) is 0 Å². The standard InChI is InChI=1S/C22H21FN4O/c1-15(2)26(14-18-10-8-17(12-24)9-11-18)22(28)19-13-25-27(16(19)3)21-7-5-4-6-20(21)23/h4-11,13,15H,14H2,1-3H3. The van der Waals surface area contributed by atoms with E-state index in [1.807, 2.05) is 26.0 Å². The predicted molar refractivity (Wildman–Crippen MR) is 104 cm³/mol. The molecule has 2 aromatic carbocycles. The molecule has 0 spiro atoms. The van der Waals surface area contributed by atoms with Crippen molar-refractivity contribution >= 4 is 5.91 Å². The molecule has 0 saturated heterocycles. The number of nitrogens with zero attached hydrogens (tertiary/aromatic N) is 4. The lowest BCUT2D eigenvalue weighted by Crippen LogP contribution is -2.36. The van der Waals surface area contributed by atoms with Crippen LogP contribution in [-0.4, -0.2) is 26.6 Å². The summed E-state index contributed by atoms with van der Waals surface area (Å²) in [4.78, 5) is 14.9. The number of halogens is 1. The van der Waals surface area contributed by atoms with E-state index in [-0.39, 0.29) is 11.9 Å². The first-order valence-electron chi connectivity index (χ1n) is 9.02. The van der Waals surface area contributed by atoms with Gasteiger partial charge in [-0.3, -0.25) is 4.79 Å². The van der Waals surface area contributed by atoms with E-state index in [2.05, 4.69) is 11.2 Å². The van der Waals surface area contributed by atoms with Crippen LogP contribution in [0.1, 0.15) is 41.0 Å². The van der Waals surface area contributed by atoms with Crippen LogP contribution in [0.2, 0.25) is 0 Å². The molecule has 3 rings (SSSR count). The number of aromatic nitrogens is 2. The Bertz CT molecular complexity index is 1030. The van der Waals surface area contributed by atoms with Gasteiger partial charge < -0.3 is 4.90 Å². The van der Waals surface area contributed by atoms with Crippen LogP contribution in [0.3, 0.4) is 0 Å². The van der Waals surface area contributed by atoms with Crippen LogP contribution < -0.4 is 0 Å². The van der Waals surface area contributed by atoms with Crippen LogP contribution in [0.25, 0.3) is 5.69 Å². The second-order valence-corrected chi connectivity index (χ2v) is 6.84. The largest absolute Gasteiger partial charge is 0.332 e. The SMILES string of the molecule is Cc1c(C(=O)N(Cc2ccc(C#N)cc2)C(C)C)cnn1-c1ccccc1F. The molecule has 0 N–H and O–H groups in total. The van der Waals surface area contributed by atoms with Crippen LogP contribution in [0, 0.1) is 24.1 Å². The number of amides is 1. The average Bonchev–Trinajstić information content (AvgIpc) is 3.07. The number of hydrogen-bond donors (Lipinski definition) is 0. The highest BCUT2D eigenvalue weighted by Crippen LogP contribution is 2.20. The van der Waals surface area contributed by atoms with Gasteiger partial charge in [0.2, 0.25) is 0 Å². The Morgan fingerprint density at radius 2 is 1.89 bits per heavy atom. The van der Waals surface area contributed by atoms with Crippen molar-refractivity contribution in [2.24, 2.45) is 0 Å². The van der Waals surface area contributed by atoms with E-state index in [1.165, 1.54) is 16.9 Å². The summed E-state index contributed by atoms with van der Waals surface area (Å²) in [6.07, 6.45) is 1.48. The van der Waals surface area contributed by atoms with E-state index in [1.54, 1.807) is 42.2 Å². The molecule has 0 aliphatic rings. The minimum Gasteiger partial charge on any atom is -0.332 e. The van der Waals surface area contributed by atoms with E-state index in [9.17, 15) is 9.18 Å². The van der Waals surface area contributed by atoms with Crippen molar-refractivity contribution in [3.63, 3.8) is 0 Å². The Balaban J connectivity index is 1.90. The number of hydrogen-bond acceptors (Lipinski definition) is 3. The van der Waals surface area contributed by atoms with Crippen molar-refractivity contribution in [2.45, 2.75) is 33.4 Å².